The van der Waals surface area contributed by atoms with E-state index < -0.39 is 0 Å². The van der Waals surface area contributed by atoms with Gasteiger partial charge in [0.2, 0.25) is 27.2 Å². The van der Waals surface area contributed by atoms with E-state index in [1.807, 2.05) is 122 Å². The Bertz CT molecular complexity index is 5820. The minimum absolute atomic E-state index is 0.141. The number of nitrogens with zero attached hydrogens (tertiary/aromatic N) is 8. The number of rotatable bonds is 20. The Kier molecular flexibility index (Phi) is 21.6. The molecule has 5 aliphatic rings. The SMILES string of the molecule is CC(C)CC1c2cc3c4c(-c5ccc(-c6ccc(-c7ccccn7)nc6)cc5)c2OCOc2c1cc1c(c2-c2ccc(-c5ccc(-c6ccccn6)nc5)cc2)OCOc2c(cc5c(c2-c2ccc(-c6ccc(-c7ccccn7)nc6)cc2)OCOc2c(cc(c(c2-c2ccc(-c6ccc(-c7ccccn7)nc6)cc2)OCO4)C3CC(C)C)C5CC(C)C)C1CC(C)C. The lowest BCUT2D eigenvalue weighted by Crippen LogP contribution is -2.25. The van der Waals surface area contributed by atoms with Crippen molar-refractivity contribution >= 4 is 0 Å². The van der Waals surface area contributed by atoms with Crippen LogP contribution < -0.4 is 37.9 Å². The molecule has 16 heteroatoms. The maximum Gasteiger partial charge on any atom is 0.230 e. The standard InChI is InChI=1S/C112H96N8O8/c1-65(2)49-81-85-53-87-82(50-66(3)4)89-55-91-84(52-68(7)8)92-56-90-83(51-67(5)6)88-54-86(81)106-102(74-31-23-70(24-32-74)78-38-42-98(118-58-78)94-18-10-14-46-114-94)108(88)124-63-126-110(90)104(76-35-27-72(28-36-76)80-40-44-100(120-60-80)96-20-12-16-48-116-96)112(92)128-64-127-111(91)103(75-33-25-71(26-34-75)79-39-43-99(119-59-79)95-19-11-15-47-115-95)109(89)125-62-123-107(87)101(105(85)121-61-122-106)73-29-21-69(22-30-73)77-37-41-97(117-57-77)93-17-9-13-45-113-93/h9-48,53-60,65-68,81-84H,49-52,61-64H2,1-8H3. The van der Waals surface area contributed by atoms with Crippen LogP contribution in [0.3, 0.4) is 0 Å². The van der Waals surface area contributed by atoms with Crippen LogP contribution in [0.4, 0.5) is 0 Å². The third-order valence-corrected chi connectivity index (χ3v) is 25.4. The molecule has 0 saturated heterocycles. The highest BCUT2D eigenvalue weighted by atomic mass is 16.7. The molecular formula is C112H96N8O8. The molecule has 8 aromatic heterocycles. The van der Waals surface area contributed by atoms with Crippen LogP contribution in [-0.2, 0) is 0 Å². The summed E-state index contributed by atoms with van der Waals surface area (Å²) in [6.45, 7) is 17.9. The molecule has 0 N–H and O–H groups in total. The molecule has 12 heterocycles. The average Bonchev–Trinajstić information content (AvgIpc) is 0.709. The van der Waals surface area contributed by atoms with Gasteiger partial charge in [-0.05, 0) is 191 Å². The van der Waals surface area contributed by atoms with Crippen LogP contribution in [0, 0.1) is 23.7 Å². The van der Waals surface area contributed by atoms with Crippen LogP contribution in [0.2, 0.25) is 0 Å². The molecule has 0 spiro atoms. The molecule has 632 valence electrons. The summed E-state index contributed by atoms with van der Waals surface area (Å²) in [6.07, 6.45) is 17.7. The van der Waals surface area contributed by atoms with Gasteiger partial charge in [-0.25, -0.2) is 0 Å². The van der Waals surface area contributed by atoms with Gasteiger partial charge < -0.3 is 37.9 Å². The van der Waals surface area contributed by atoms with E-state index in [0.717, 1.165) is 179 Å². The summed E-state index contributed by atoms with van der Waals surface area (Å²) in [6, 6.07) is 85.1. The van der Waals surface area contributed by atoms with E-state index in [-0.39, 0.29) is 74.5 Å². The number of aromatic nitrogens is 8. The van der Waals surface area contributed by atoms with Gasteiger partial charge in [0.1, 0.15) is 46.0 Å². The predicted octanol–water partition coefficient (Wildman–Crippen LogP) is 26.8. The Balaban J connectivity index is 0.845. The van der Waals surface area contributed by atoms with E-state index in [4.69, 9.17) is 57.8 Å². The highest BCUT2D eigenvalue weighted by Gasteiger charge is 2.44. The maximum atomic E-state index is 7.60. The van der Waals surface area contributed by atoms with Crippen LogP contribution in [-0.4, -0.2) is 67.0 Å². The van der Waals surface area contributed by atoms with Gasteiger partial charge in [-0.1, -0.05) is 201 Å². The molecule has 0 atom stereocenters. The zero-order valence-corrected chi connectivity index (χ0v) is 72.8. The number of hydrogen-bond acceptors (Lipinski definition) is 16. The minimum Gasteiger partial charge on any atom is -0.456 e. The van der Waals surface area contributed by atoms with E-state index in [9.17, 15) is 0 Å². The van der Waals surface area contributed by atoms with Crippen molar-refractivity contribution in [1.29, 1.82) is 0 Å². The van der Waals surface area contributed by atoms with Crippen molar-refractivity contribution in [2.24, 2.45) is 23.7 Å². The maximum absolute atomic E-state index is 7.60. The molecule has 8 bridgehead atoms. The Labute approximate surface area is 746 Å². The van der Waals surface area contributed by atoms with Crippen LogP contribution in [0.25, 0.3) is 135 Å². The fourth-order valence-corrected chi connectivity index (χ4v) is 19.5. The van der Waals surface area contributed by atoms with Crippen molar-refractivity contribution < 1.29 is 37.9 Å². The van der Waals surface area contributed by atoms with Gasteiger partial charge in [-0.3, -0.25) is 39.9 Å². The molecule has 8 aromatic carbocycles. The van der Waals surface area contributed by atoms with E-state index in [1.54, 1.807) is 24.8 Å². The first-order valence-electron chi connectivity index (χ1n) is 44.5. The summed E-state index contributed by atoms with van der Waals surface area (Å²) in [7, 11) is 0. The predicted molar refractivity (Wildman–Crippen MR) is 503 cm³/mol. The second kappa shape index (κ2) is 34.4. The Morgan fingerprint density at radius 2 is 0.375 bits per heavy atom. The molecule has 4 aliphatic heterocycles. The third kappa shape index (κ3) is 15.3. The first-order chi connectivity index (χ1) is 62.7. The lowest BCUT2D eigenvalue weighted by molar-refractivity contribution is 0.100. The number of benzene rings is 8. The zero-order valence-electron chi connectivity index (χ0n) is 72.8. The first-order valence-corrected chi connectivity index (χ1v) is 44.5. The molecule has 0 amide bonds. The summed E-state index contributed by atoms with van der Waals surface area (Å²) in [5.74, 6) is 4.43. The van der Waals surface area contributed by atoms with Crippen molar-refractivity contribution in [3.8, 4) is 181 Å². The number of pyridine rings is 8. The van der Waals surface area contributed by atoms with Crippen LogP contribution in [0.1, 0.15) is 149 Å². The van der Waals surface area contributed by atoms with Crippen LogP contribution in [0.5, 0.6) is 46.0 Å². The van der Waals surface area contributed by atoms with E-state index >= 15 is 0 Å². The van der Waals surface area contributed by atoms with Crippen molar-refractivity contribution in [1.82, 2.24) is 39.9 Å². The number of hydrogen-bond donors (Lipinski definition) is 0. The molecule has 0 radical (unpaired) electrons. The van der Waals surface area contributed by atoms with Gasteiger partial charge in [0.25, 0.3) is 0 Å². The van der Waals surface area contributed by atoms with Gasteiger partial charge in [-0.2, -0.15) is 0 Å². The molecule has 16 nitrogen and oxygen atoms in total. The fraction of sp³-hybridized carbons (Fsp3) is 0.214. The topological polar surface area (TPSA) is 177 Å². The quantitative estimate of drug-likeness (QED) is 0.0703. The van der Waals surface area contributed by atoms with Gasteiger partial charge in [0.15, 0.2) is 0 Å². The van der Waals surface area contributed by atoms with Gasteiger partial charge >= 0.3 is 0 Å². The first kappa shape index (κ1) is 80.5. The van der Waals surface area contributed by atoms with E-state index in [2.05, 4.69) is 221 Å². The van der Waals surface area contributed by atoms with Gasteiger partial charge in [-0.15, -0.1) is 0 Å². The summed E-state index contributed by atoms with van der Waals surface area (Å²) in [5, 5.41) is 0. The second-order valence-corrected chi connectivity index (χ2v) is 35.6. The third-order valence-electron chi connectivity index (χ3n) is 25.4. The highest BCUT2D eigenvalue weighted by molar-refractivity contribution is 5.91. The number of ether oxygens (including phenoxy) is 8. The molecular weight excluding hydrogens is 1590 g/mol. The lowest BCUT2D eigenvalue weighted by atomic mass is 9.72. The summed E-state index contributed by atoms with van der Waals surface area (Å²) in [5.41, 5.74) is 29.2. The summed E-state index contributed by atoms with van der Waals surface area (Å²) >= 11 is 0. The molecule has 16 aromatic rings. The minimum atomic E-state index is -0.376. The average molecular weight is 1680 g/mol. The van der Waals surface area contributed by atoms with Crippen molar-refractivity contribution in [2.45, 2.75) is 105 Å². The highest BCUT2D eigenvalue weighted by Crippen LogP contribution is 2.63. The molecule has 0 unspecified atom stereocenters. The van der Waals surface area contributed by atoms with Gasteiger partial charge in [0, 0.05) is 140 Å². The van der Waals surface area contributed by atoms with E-state index in [0.29, 0.717) is 71.7 Å². The van der Waals surface area contributed by atoms with E-state index in [1.165, 1.54) is 0 Å². The second-order valence-electron chi connectivity index (χ2n) is 35.6. The van der Waals surface area contributed by atoms with Crippen molar-refractivity contribution in [2.75, 3.05) is 27.2 Å². The molecule has 1 aliphatic carbocycles. The smallest absolute Gasteiger partial charge is 0.230 e. The summed E-state index contributed by atoms with van der Waals surface area (Å²) in [4.78, 5) is 38.3. The van der Waals surface area contributed by atoms with Crippen molar-refractivity contribution in [3.63, 3.8) is 0 Å². The van der Waals surface area contributed by atoms with Gasteiger partial charge in [0.05, 0.1) is 67.8 Å². The van der Waals surface area contributed by atoms with Crippen LogP contribution in [0.15, 0.2) is 292 Å². The summed E-state index contributed by atoms with van der Waals surface area (Å²) < 4.78 is 60.8. The zero-order chi connectivity index (χ0) is 86.6. The van der Waals surface area contributed by atoms with Crippen LogP contribution >= 0.6 is 0 Å². The Morgan fingerprint density at radius 1 is 0.203 bits per heavy atom. The molecule has 0 saturated carbocycles. The molecule has 128 heavy (non-hydrogen) atoms. The monoisotopic (exact) mass is 1680 g/mol. The molecule has 21 rings (SSSR count). The fourth-order valence-electron chi connectivity index (χ4n) is 19.5. The Morgan fingerprint density at radius 3 is 0.531 bits per heavy atom. The molecule has 0 fully saturated rings. The Hall–Kier alpha value is -14.6. The normalized spacial score (nSPS) is 15.7. The largest absolute Gasteiger partial charge is 0.456 e. The lowest BCUT2D eigenvalue weighted by Gasteiger charge is -2.38. The van der Waals surface area contributed by atoms with Crippen molar-refractivity contribution in [3.05, 3.63) is 337 Å².